The van der Waals surface area contributed by atoms with E-state index in [2.05, 4.69) is 303 Å². The standard InChI is InChI=1S/C70H65N4O.Pt/c1-67(2,3)54-37-50(48-25-15-11-16-26-48)38-57(40-54)73-47-72(46-64(73)49-27-17-12-18-28-49)56-39-55(68(4,5)6)41-58(43-56)75-59-44-61(70(9,10)52-31-21-14-22-32-52)66-60-33-23-24-34-62(60)74(63(66)45-59)65-42-53(35-36-71-65)69(7,8)51-29-19-13-20-30-51;/h11-42,44,46-47H,1-10H3;/q-3;. The van der Waals surface area contributed by atoms with Gasteiger partial charge in [-0.15, -0.1) is 53.8 Å². The predicted octanol–water partition coefficient (Wildman–Crippen LogP) is 17.9. The average molecular weight is 1170 g/mol. The molecule has 76 heavy (non-hydrogen) atoms. The molecule has 0 spiro atoms. The van der Waals surface area contributed by atoms with Crippen LogP contribution in [0, 0.1) is 18.8 Å². The number of nitrogens with zero attached hydrogens (tertiary/aromatic N) is 4. The molecule has 11 rings (SSSR count). The third-order valence-corrected chi connectivity index (χ3v) is 15.2. The van der Waals surface area contributed by atoms with Crippen LogP contribution in [-0.2, 0) is 42.7 Å². The zero-order valence-electron chi connectivity index (χ0n) is 45.2. The third kappa shape index (κ3) is 9.94. The quantitative estimate of drug-likeness (QED) is 0.121. The summed E-state index contributed by atoms with van der Waals surface area (Å²) in [5, 5.41) is 2.25. The van der Waals surface area contributed by atoms with Crippen LogP contribution >= 0.6 is 0 Å². The van der Waals surface area contributed by atoms with E-state index >= 15 is 0 Å². The van der Waals surface area contributed by atoms with Gasteiger partial charge in [-0.1, -0.05) is 226 Å². The van der Waals surface area contributed by atoms with Crippen LogP contribution in [0.2, 0.25) is 0 Å². The Morgan fingerprint density at radius 1 is 0.487 bits per heavy atom. The van der Waals surface area contributed by atoms with Crippen molar-refractivity contribution in [3.8, 4) is 28.4 Å². The number of pyridine rings is 1. The number of hydrogen-bond donors (Lipinski definition) is 0. The molecule has 0 unspecified atom stereocenters. The SMILES string of the molecule is CC(C)(C)c1cc(Oc2[c-]c3c(c(C(C)(C)c4ccccc4)c2)c2ccccc2n3-c2cc(C(C)(C)c3ccccc3)ccn2)[c-]c(N2C=C(c3ccccc3)N(c3cc(-c4ccccc4)cc(C(C)(C)C)c3)[CH-]2)c1.[Pt]. The van der Waals surface area contributed by atoms with Gasteiger partial charge >= 0.3 is 0 Å². The van der Waals surface area contributed by atoms with E-state index in [-0.39, 0.29) is 37.3 Å². The molecular formula is C70H65N4OPt-3. The molecule has 0 atom stereocenters. The van der Waals surface area contributed by atoms with Gasteiger partial charge in [-0.05, 0) is 97.1 Å². The van der Waals surface area contributed by atoms with Crippen LogP contribution < -0.4 is 14.5 Å². The largest absolute Gasteiger partial charge is 0.509 e. The fourth-order valence-electron chi connectivity index (χ4n) is 10.6. The molecule has 8 aromatic carbocycles. The monoisotopic (exact) mass is 1170 g/mol. The maximum atomic E-state index is 7.24. The molecule has 3 heterocycles. The van der Waals surface area contributed by atoms with Crippen molar-refractivity contribution < 1.29 is 25.8 Å². The number of fused-ring (bicyclic) bond motifs is 3. The Balaban J connectivity index is 0.00000657. The molecule has 0 aliphatic carbocycles. The second-order valence-corrected chi connectivity index (χ2v) is 23.1. The fraction of sp³-hybridized carbons (Fsp3) is 0.200. The first-order chi connectivity index (χ1) is 35.9. The summed E-state index contributed by atoms with van der Waals surface area (Å²) >= 11 is 0. The molecule has 2 aromatic heterocycles. The maximum absolute atomic E-state index is 7.24. The van der Waals surface area contributed by atoms with Gasteiger partial charge in [0.05, 0.1) is 0 Å². The van der Waals surface area contributed by atoms with E-state index in [1.165, 1.54) is 33.4 Å². The van der Waals surface area contributed by atoms with E-state index in [0.717, 1.165) is 61.4 Å². The normalized spacial score (nSPS) is 13.3. The summed E-state index contributed by atoms with van der Waals surface area (Å²) in [6, 6.07) is 77.1. The molecule has 5 nitrogen and oxygen atoms in total. The van der Waals surface area contributed by atoms with E-state index in [4.69, 9.17) is 9.72 Å². The number of aromatic nitrogens is 2. The van der Waals surface area contributed by atoms with Gasteiger partial charge in [0.2, 0.25) is 0 Å². The van der Waals surface area contributed by atoms with Gasteiger partial charge in [-0.25, -0.2) is 4.98 Å². The Hall–Kier alpha value is -7.46. The van der Waals surface area contributed by atoms with Crippen LogP contribution in [-0.4, -0.2) is 9.55 Å². The Morgan fingerprint density at radius 2 is 1.05 bits per heavy atom. The van der Waals surface area contributed by atoms with E-state index in [1.54, 1.807) is 0 Å². The van der Waals surface area contributed by atoms with Crippen molar-refractivity contribution in [2.24, 2.45) is 0 Å². The predicted molar refractivity (Wildman–Crippen MR) is 313 cm³/mol. The molecule has 0 fully saturated rings. The number of anilines is 2. The van der Waals surface area contributed by atoms with E-state index < -0.39 is 5.41 Å². The topological polar surface area (TPSA) is 33.5 Å². The zero-order valence-corrected chi connectivity index (χ0v) is 47.5. The van der Waals surface area contributed by atoms with Crippen molar-refractivity contribution in [1.29, 1.82) is 0 Å². The number of rotatable bonds is 11. The number of benzene rings is 8. The van der Waals surface area contributed by atoms with Crippen LogP contribution in [0.15, 0.2) is 207 Å². The number of ether oxygens (including phenoxy) is 1. The first-order valence-electron chi connectivity index (χ1n) is 26.2. The van der Waals surface area contributed by atoms with Crippen LogP contribution in [0.25, 0.3) is 44.4 Å². The summed E-state index contributed by atoms with van der Waals surface area (Å²) in [6.45, 7) is 25.0. The number of para-hydroxylation sites is 1. The summed E-state index contributed by atoms with van der Waals surface area (Å²) < 4.78 is 9.51. The molecule has 1 aliphatic heterocycles. The van der Waals surface area contributed by atoms with Gasteiger partial charge < -0.3 is 19.1 Å². The van der Waals surface area contributed by atoms with Gasteiger partial charge in [-0.3, -0.25) is 0 Å². The first kappa shape index (κ1) is 52.0. The van der Waals surface area contributed by atoms with Crippen molar-refractivity contribution in [2.45, 2.75) is 90.9 Å². The summed E-state index contributed by atoms with van der Waals surface area (Å²) in [4.78, 5) is 9.63. The van der Waals surface area contributed by atoms with E-state index in [9.17, 15) is 0 Å². The molecule has 0 bridgehead atoms. The molecule has 10 aromatic rings. The van der Waals surface area contributed by atoms with Crippen LogP contribution in [0.3, 0.4) is 0 Å². The Labute approximate surface area is 464 Å². The molecule has 6 heteroatoms. The first-order valence-corrected chi connectivity index (χ1v) is 26.2. The van der Waals surface area contributed by atoms with Crippen molar-refractivity contribution in [2.75, 3.05) is 9.80 Å². The number of hydrogen-bond acceptors (Lipinski definition) is 4. The molecule has 0 N–H and O–H groups in total. The Bertz CT molecular complexity index is 3730. The van der Waals surface area contributed by atoms with Gasteiger partial charge in [0.1, 0.15) is 5.82 Å². The van der Waals surface area contributed by atoms with Crippen molar-refractivity contribution in [3.63, 3.8) is 0 Å². The minimum atomic E-state index is -0.439. The Kier molecular flexibility index (Phi) is 13.9. The van der Waals surface area contributed by atoms with Crippen LogP contribution in [0.1, 0.15) is 108 Å². The third-order valence-electron chi connectivity index (χ3n) is 15.2. The maximum Gasteiger partial charge on any atom is 0.135 e. The molecule has 0 amide bonds. The van der Waals surface area contributed by atoms with Gasteiger partial charge in [-0.2, -0.15) is 0 Å². The van der Waals surface area contributed by atoms with Crippen molar-refractivity contribution in [1.82, 2.24) is 9.55 Å². The summed E-state index contributed by atoms with van der Waals surface area (Å²) in [7, 11) is 0. The molecular weight excluding hydrogens is 1110 g/mol. The molecule has 0 radical (unpaired) electrons. The van der Waals surface area contributed by atoms with Crippen molar-refractivity contribution in [3.05, 3.63) is 264 Å². The van der Waals surface area contributed by atoms with Crippen molar-refractivity contribution >= 4 is 38.9 Å². The smallest absolute Gasteiger partial charge is 0.135 e. The minimum absolute atomic E-state index is 0. The molecule has 0 saturated heterocycles. The van der Waals surface area contributed by atoms with E-state index in [0.29, 0.717) is 11.5 Å². The van der Waals surface area contributed by atoms with Gasteiger partial charge in [0, 0.05) is 61.1 Å². The molecule has 0 saturated carbocycles. The van der Waals surface area contributed by atoms with Gasteiger partial charge in [0.15, 0.2) is 0 Å². The van der Waals surface area contributed by atoms with Gasteiger partial charge in [0.25, 0.3) is 0 Å². The summed E-state index contributed by atoms with van der Waals surface area (Å²) in [5.41, 5.74) is 14.5. The minimum Gasteiger partial charge on any atom is -0.509 e. The Morgan fingerprint density at radius 3 is 1.70 bits per heavy atom. The molecule has 1 aliphatic rings. The second kappa shape index (κ2) is 20.2. The van der Waals surface area contributed by atoms with E-state index in [1.807, 2.05) is 6.20 Å². The fourth-order valence-corrected chi connectivity index (χ4v) is 10.6. The second-order valence-electron chi connectivity index (χ2n) is 23.1. The van der Waals surface area contributed by atoms with Crippen LogP contribution in [0.4, 0.5) is 11.4 Å². The zero-order chi connectivity index (χ0) is 52.3. The summed E-state index contributed by atoms with van der Waals surface area (Å²) in [5.74, 6) is 2.02. The summed E-state index contributed by atoms with van der Waals surface area (Å²) in [6.07, 6.45) is 4.16. The van der Waals surface area contributed by atoms with Crippen LogP contribution in [0.5, 0.6) is 11.5 Å². The molecule has 384 valence electrons. The average Bonchev–Trinajstić information content (AvgIpc) is 4.12.